The molecule has 166 valence electrons. The summed E-state index contributed by atoms with van der Waals surface area (Å²) in [6.45, 7) is 6.58. The van der Waals surface area contributed by atoms with Crippen molar-refractivity contribution in [2.75, 3.05) is 18.4 Å². The molecule has 4 heterocycles. The molecule has 1 saturated carbocycles. The molecule has 3 aliphatic rings. The van der Waals surface area contributed by atoms with E-state index in [1.165, 1.54) is 19.3 Å². The van der Waals surface area contributed by atoms with Gasteiger partial charge in [0.05, 0.1) is 35.1 Å². The Morgan fingerprint density at radius 3 is 2.67 bits per heavy atom. The van der Waals surface area contributed by atoms with Gasteiger partial charge in [0.25, 0.3) is 0 Å². The second-order valence-electron chi connectivity index (χ2n) is 9.92. The highest BCUT2D eigenvalue weighted by atomic mass is 15.4. The first-order valence-corrected chi connectivity index (χ1v) is 11.7. The first-order chi connectivity index (χ1) is 16.0. The Balaban J connectivity index is 1.28. The predicted molar refractivity (Wildman–Crippen MR) is 131 cm³/mol. The number of rotatable bonds is 4. The molecule has 1 spiro atoms. The highest BCUT2D eigenvalue weighted by Crippen LogP contribution is 2.48. The van der Waals surface area contributed by atoms with Crippen molar-refractivity contribution in [3.05, 3.63) is 53.7 Å². The fourth-order valence-electron chi connectivity index (χ4n) is 5.27. The summed E-state index contributed by atoms with van der Waals surface area (Å²) < 4.78 is 1.88. The zero-order chi connectivity index (χ0) is 22.6. The molecule has 2 fully saturated rings. The number of nitriles is 1. The predicted octanol–water partition coefficient (Wildman–Crippen LogP) is 4.69. The van der Waals surface area contributed by atoms with Crippen LogP contribution in [0.4, 0.5) is 5.69 Å². The van der Waals surface area contributed by atoms with Gasteiger partial charge in [0.1, 0.15) is 11.9 Å². The highest BCUT2D eigenvalue weighted by molar-refractivity contribution is 6.17. The summed E-state index contributed by atoms with van der Waals surface area (Å²) in [4.78, 5) is 2.41. The maximum Gasteiger partial charge on any atom is 0.133 e. The van der Waals surface area contributed by atoms with Crippen LogP contribution in [0.5, 0.6) is 0 Å². The van der Waals surface area contributed by atoms with Crippen molar-refractivity contribution in [2.45, 2.75) is 45.6 Å². The summed E-state index contributed by atoms with van der Waals surface area (Å²) in [5, 5.41) is 26.4. The minimum absolute atomic E-state index is 0.288. The smallest absolute Gasteiger partial charge is 0.133 e. The SMILES string of the molecule is CC(C)Nc1cc(-c2ccc3cc(C#N)cnn23)ccc1C1=NN=C(N2CC3(CCC3)C2)C1. The van der Waals surface area contributed by atoms with E-state index in [9.17, 15) is 0 Å². The monoisotopic (exact) mass is 437 g/mol. The first-order valence-electron chi connectivity index (χ1n) is 11.7. The van der Waals surface area contributed by atoms with Gasteiger partial charge in [-0.3, -0.25) is 0 Å². The standard InChI is InChI=1S/C26H27N7/c1-17(2)29-22-11-19(24-7-5-20-10-18(13-27)14-28-33(20)24)4-6-21(22)23-12-25(31-30-23)32-15-26(16-32)8-3-9-26/h4-7,10-11,14,17,29H,3,8-9,12,15-16H2,1-2H3. The van der Waals surface area contributed by atoms with E-state index in [1.807, 2.05) is 22.7 Å². The summed E-state index contributed by atoms with van der Waals surface area (Å²) in [6.07, 6.45) is 6.51. The van der Waals surface area contributed by atoms with Crippen LogP contribution < -0.4 is 5.32 Å². The van der Waals surface area contributed by atoms with Crippen LogP contribution in [0, 0.1) is 16.7 Å². The maximum absolute atomic E-state index is 9.16. The molecule has 0 bridgehead atoms. The Hall–Kier alpha value is -3.66. The van der Waals surface area contributed by atoms with Gasteiger partial charge in [0.2, 0.25) is 0 Å². The molecule has 0 atom stereocenters. The van der Waals surface area contributed by atoms with Crippen LogP contribution in [0.15, 0.2) is 52.8 Å². The Labute approximate surface area is 193 Å². The van der Waals surface area contributed by atoms with Gasteiger partial charge in [0.15, 0.2) is 0 Å². The van der Waals surface area contributed by atoms with Gasteiger partial charge in [-0.2, -0.15) is 15.5 Å². The van der Waals surface area contributed by atoms with Crippen molar-refractivity contribution in [1.82, 2.24) is 14.5 Å². The number of aromatic nitrogens is 2. The van der Waals surface area contributed by atoms with E-state index in [0.717, 1.165) is 59.1 Å². The number of hydrogen-bond acceptors (Lipinski definition) is 6. The van der Waals surface area contributed by atoms with Crippen LogP contribution in [0.1, 0.15) is 50.7 Å². The van der Waals surface area contributed by atoms with Crippen LogP contribution in [0.3, 0.4) is 0 Å². The number of nitrogens with one attached hydrogen (secondary N) is 1. The zero-order valence-electron chi connectivity index (χ0n) is 19.0. The number of nitrogens with zero attached hydrogens (tertiary/aromatic N) is 6. The number of anilines is 1. The Morgan fingerprint density at radius 1 is 1.09 bits per heavy atom. The fourth-order valence-corrected chi connectivity index (χ4v) is 5.27. The molecule has 2 aromatic heterocycles. The van der Waals surface area contributed by atoms with Crippen LogP contribution >= 0.6 is 0 Å². The second kappa shape index (κ2) is 7.45. The lowest BCUT2D eigenvalue weighted by Crippen LogP contribution is -2.61. The molecule has 6 rings (SSSR count). The largest absolute Gasteiger partial charge is 0.382 e. The summed E-state index contributed by atoms with van der Waals surface area (Å²) in [7, 11) is 0. The Bertz CT molecular complexity index is 1340. The van der Waals surface area contributed by atoms with Gasteiger partial charge in [-0.05, 0) is 51.0 Å². The third-order valence-electron chi connectivity index (χ3n) is 7.14. The molecule has 0 amide bonds. The zero-order valence-corrected chi connectivity index (χ0v) is 19.0. The number of fused-ring (bicyclic) bond motifs is 1. The van der Waals surface area contributed by atoms with Crippen molar-refractivity contribution in [3.63, 3.8) is 0 Å². The van der Waals surface area contributed by atoms with Crippen molar-refractivity contribution < 1.29 is 0 Å². The molecular weight excluding hydrogens is 410 g/mol. The summed E-state index contributed by atoms with van der Waals surface area (Å²) >= 11 is 0. The van der Waals surface area contributed by atoms with Crippen LogP contribution in [-0.2, 0) is 0 Å². The molecule has 1 aliphatic carbocycles. The molecule has 33 heavy (non-hydrogen) atoms. The molecule has 2 aliphatic heterocycles. The van der Waals surface area contributed by atoms with Crippen molar-refractivity contribution in [2.24, 2.45) is 15.6 Å². The van der Waals surface area contributed by atoms with Gasteiger partial charge in [-0.1, -0.05) is 18.6 Å². The van der Waals surface area contributed by atoms with Crippen LogP contribution in [-0.4, -0.2) is 45.2 Å². The van der Waals surface area contributed by atoms with Crippen LogP contribution in [0.2, 0.25) is 0 Å². The number of likely N-dealkylation sites (tertiary alicyclic amines) is 1. The maximum atomic E-state index is 9.16. The topological polar surface area (TPSA) is 81.1 Å². The summed E-state index contributed by atoms with van der Waals surface area (Å²) in [5.74, 6) is 1.11. The van der Waals surface area contributed by atoms with Crippen molar-refractivity contribution in [3.8, 4) is 17.3 Å². The average Bonchev–Trinajstić information content (AvgIpc) is 3.38. The minimum atomic E-state index is 0.288. The van der Waals surface area contributed by atoms with E-state index in [2.05, 4.69) is 63.6 Å². The van der Waals surface area contributed by atoms with Gasteiger partial charge in [-0.25, -0.2) is 4.52 Å². The van der Waals surface area contributed by atoms with Gasteiger partial charge in [0, 0.05) is 41.4 Å². The number of amidine groups is 1. The normalized spacial score (nSPS) is 18.7. The third kappa shape index (κ3) is 3.37. The van der Waals surface area contributed by atoms with E-state index < -0.39 is 0 Å². The molecule has 1 saturated heterocycles. The molecule has 7 nitrogen and oxygen atoms in total. The van der Waals surface area contributed by atoms with E-state index in [4.69, 9.17) is 5.26 Å². The van der Waals surface area contributed by atoms with Gasteiger partial charge < -0.3 is 10.2 Å². The molecular formula is C26H27N7. The Morgan fingerprint density at radius 2 is 1.94 bits per heavy atom. The summed E-state index contributed by atoms with van der Waals surface area (Å²) in [6, 6.07) is 14.8. The Kier molecular flexibility index (Phi) is 4.51. The van der Waals surface area contributed by atoms with E-state index >= 15 is 0 Å². The van der Waals surface area contributed by atoms with E-state index in [1.54, 1.807) is 6.20 Å². The lowest BCUT2D eigenvalue weighted by atomic mass is 9.63. The van der Waals surface area contributed by atoms with Gasteiger partial charge >= 0.3 is 0 Å². The first kappa shape index (κ1) is 20.0. The van der Waals surface area contributed by atoms with Crippen molar-refractivity contribution >= 4 is 22.8 Å². The quantitative estimate of drug-likeness (QED) is 0.642. The molecule has 0 unspecified atom stereocenters. The van der Waals surface area contributed by atoms with Crippen LogP contribution in [0.25, 0.3) is 16.8 Å². The highest BCUT2D eigenvalue weighted by Gasteiger charge is 2.48. The fraction of sp³-hybridized carbons (Fsp3) is 0.385. The molecule has 7 heteroatoms. The third-order valence-corrected chi connectivity index (χ3v) is 7.14. The van der Waals surface area contributed by atoms with E-state index in [-0.39, 0.29) is 6.04 Å². The summed E-state index contributed by atoms with van der Waals surface area (Å²) in [5.41, 5.74) is 7.28. The lowest BCUT2D eigenvalue weighted by Gasteiger charge is -2.56. The minimum Gasteiger partial charge on any atom is -0.382 e. The molecule has 1 aromatic carbocycles. The molecule has 1 N–H and O–H groups in total. The van der Waals surface area contributed by atoms with E-state index in [0.29, 0.717) is 11.0 Å². The lowest BCUT2D eigenvalue weighted by molar-refractivity contribution is -0.0175. The van der Waals surface area contributed by atoms with Crippen molar-refractivity contribution in [1.29, 1.82) is 5.26 Å². The second-order valence-corrected chi connectivity index (χ2v) is 9.92. The van der Waals surface area contributed by atoms with Gasteiger partial charge in [-0.15, -0.1) is 5.10 Å². The average molecular weight is 438 g/mol. The molecule has 3 aromatic rings. The number of benzene rings is 1. The molecule has 0 radical (unpaired) electrons. The number of hydrogen-bond donors (Lipinski definition) is 1.